The summed E-state index contributed by atoms with van der Waals surface area (Å²) in [5.41, 5.74) is 0. The van der Waals surface area contributed by atoms with Crippen molar-refractivity contribution in [3.63, 3.8) is 0 Å². The van der Waals surface area contributed by atoms with Crippen LogP contribution in [0.2, 0.25) is 0 Å². The second-order valence-corrected chi connectivity index (χ2v) is 3.01. The molecule has 0 heterocycles. The van der Waals surface area contributed by atoms with Gasteiger partial charge in [-0.3, -0.25) is 9.59 Å². The Bertz CT molecular complexity index is 192. The zero-order valence-electron chi connectivity index (χ0n) is 8.83. The van der Waals surface area contributed by atoms with Crippen LogP contribution in [0.1, 0.15) is 20.3 Å². The Kier molecular flexibility index (Phi) is 5.11. The van der Waals surface area contributed by atoms with Gasteiger partial charge in [0.15, 0.2) is 0 Å². The van der Waals surface area contributed by atoms with Crippen LogP contribution >= 0.6 is 0 Å². The van der Waals surface area contributed by atoms with Gasteiger partial charge < -0.3 is 9.80 Å². The van der Waals surface area contributed by atoms with Crippen LogP contribution < -0.4 is 0 Å². The van der Waals surface area contributed by atoms with Crippen molar-refractivity contribution in [2.24, 2.45) is 0 Å². The van der Waals surface area contributed by atoms with E-state index < -0.39 is 0 Å². The van der Waals surface area contributed by atoms with Gasteiger partial charge in [0.2, 0.25) is 11.8 Å². The molecule has 0 aliphatic heterocycles. The third kappa shape index (κ3) is 3.92. The number of nitrogens with zero attached hydrogens (tertiary/aromatic N) is 2. The van der Waals surface area contributed by atoms with E-state index in [1.165, 1.54) is 4.90 Å². The highest BCUT2D eigenvalue weighted by atomic mass is 16.2. The van der Waals surface area contributed by atoms with Crippen LogP contribution in [0, 0.1) is 0 Å². The number of amides is 2. The third-order valence-corrected chi connectivity index (χ3v) is 2.00. The van der Waals surface area contributed by atoms with Crippen molar-refractivity contribution < 1.29 is 9.59 Å². The summed E-state index contributed by atoms with van der Waals surface area (Å²) in [5.74, 6) is -0.0235. The van der Waals surface area contributed by atoms with Gasteiger partial charge in [-0.15, -0.1) is 0 Å². The second kappa shape index (κ2) is 5.56. The van der Waals surface area contributed by atoms with E-state index in [4.69, 9.17) is 0 Å². The quantitative estimate of drug-likeness (QED) is 0.635. The fraction of sp³-hybridized carbons (Fsp3) is 0.778. The van der Waals surface area contributed by atoms with Crippen LogP contribution in [0.25, 0.3) is 0 Å². The first-order chi connectivity index (χ1) is 6.02. The molecule has 0 aromatic carbocycles. The summed E-state index contributed by atoms with van der Waals surface area (Å²) in [4.78, 5) is 25.5. The molecule has 0 N–H and O–H groups in total. The van der Waals surface area contributed by atoms with Gasteiger partial charge >= 0.3 is 0 Å². The first-order valence-electron chi connectivity index (χ1n) is 4.50. The lowest BCUT2D eigenvalue weighted by Gasteiger charge is -2.20. The monoisotopic (exact) mass is 186 g/mol. The number of hydrogen-bond acceptors (Lipinski definition) is 2. The summed E-state index contributed by atoms with van der Waals surface area (Å²) in [7, 11) is 3.37. The highest BCUT2D eigenvalue weighted by Crippen LogP contribution is 1.92. The van der Waals surface area contributed by atoms with Gasteiger partial charge in [0.25, 0.3) is 0 Å². The topological polar surface area (TPSA) is 40.6 Å². The molecule has 0 fully saturated rings. The summed E-state index contributed by atoms with van der Waals surface area (Å²) < 4.78 is 0. The lowest BCUT2D eigenvalue weighted by atomic mass is 10.4. The summed E-state index contributed by atoms with van der Waals surface area (Å²) in [5, 5.41) is 0. The number of carbonyl (C=O) groups excluding carboxylic acids is 2. The second-order valence-electron chi connectivity index (χ2n) is 3.01. The molecule has 0 spiro atoms. The summed E-state index contributed by atoms with van der Waals surface area (Å²) in [6.45, 7) is 4.54. The first-order valence-corrected chi connectivity index (χ1v) is 4.50. The largest absolute Gasteiger partial charge is 0.345 e. The predicted molar refractivity (Wildman–Crippen MR) is 51.2 cm³/mol. The molecule has 2 amide bonds. The van der Waals surface area contributed by atoms with Gasteiger partial charge in [0, 0.05) is 27.1 Å². The minimum atomic E-state index is -0.0215. The van der Waals surface area contributed by atoms with E-state index in [1.807, 2.05) is 6.92 Å². The molecule has 0 aliphatic carbocycles. The lowest BCUT2D eigenvalue weighted by Crippen LogP contribution is -2.38. The molecular formula is C9H18N2O2. The van der Waals surface area contributed by atoms with Gasteiger partial charge in [-0.2, -0.15) is 0 Å². The number of likely N-dealkylation sites (N-methyl/N-ethyl adjacent to an activating group) is 2. The van der Waals surface area contributed by atoms with Crippen molar-refractivity contribution in [1.82, 2.24) is 9.80 Å². The van der Waals surface area contributed by atoms with E-state index in [1.54, 1.807) is 25.9 Å². The molecular weight excluding hydrogens is 168 g/mol. The van der Waals surface area contributed by atoms with E-state index in [0.717, 1.165) is 0 Å². The Balaban J connectivity index is 3.98. The van der Waals surface area contributed by atoms with E-state index >= 15 is 0 Å². The zero-order chi connectivity index (χ0) is 10.4. The Labute approximate surface area is 79.5 Å². The molecule has 0 rings (SSSR count). The van der Waals surface area contributed by atoms with Crippen molar-refractivity contribution in [2.45, 2.75) is 20.3 Å². The van der Waals surface area contributed by atoms with Crippen LogP contribution in [-0.4, -0.2) is 48.8 Å². The fourth-order valence-corrected chi connectivity index (χ4v) is 0.858. The maximum Gasteiger partial charge on any atom is 0.241 e. The molecule has 4 heteroatoms. The number of hydrogen-bond donors (Lipinski definition) is 0. The lowest BCUT2D eigenvalue weighted by molar-refractivity contribution is -0.138. The van der Waals surface area contributed by atoms with Crippen molar-refractivity contribution in [3.8, 4) is 0 Å². The molecule has 76 valence electrons. The van der Waals surface area contributed by atoms with E-state index in [2.05, 4.69) is 0 Å². The molecule has 0 bridgehead atoms. The van der Waals surface area contributed by atoms with Crippen LogP contribution in [0.3, 0.4) is 0 Å². The molecule has 0 saturated carbocycles. The molecule has 0 saturated heterocycles. The van der Waals surface area contributed by atoms with Crippen molar-refractivity contribution in [3.05, 3.63) is 0 Å². The third-order valence-electron chi connectivity index (χ3n) is 2.00. The highest BCUT2D eigenvalue weighted by Gasteiger charge is 2.12. The molecule has 0 unspecified atom stereocenters. The molecule has 0 aliphatic rings. The van der Waals surface area contributed by atoms with Crippen LogP contribution in [0.5, 0.6) is 0 Å². The van der Waals surface area contributed by atoms with E-state index in [-0.39, 0.29) is 18.4 Å². The molecule has 0 radical (unpaired) electrons. The van der Waals surface area contributed by atoms with Crippen LogP contribution in [-0.2, 0) is 9.59 Å². The Hall–Kier alpha value is -1.06. The summed E-state index contributed by atoms with van der Waals surface area (Å²) >= 11 is 0. The minimum absolute atomic E-state index is 0.00199. The average Bonchev–Trinajstić information content (AvgIpc) is 2.14. The molecule has 0 aromatic heterocycles. The highest BCUT2D eigenvalue weighted by molar-refractivity contribution is 5.84. The van der Waals surface area contributed by atoms with Crippen molar-refractivity contribution in [1.29, 1.82) is 0 Å². The first kappa shape index (κ1) is 11.9. The maximum absolute atomic E-state index is 11.3. The van der Waals surface area contributed by atoms with Crippen LogP contribution in [0.4, 0.5) is 0 Å². The summed E-state index contributed by atoms with van der Waals surface area (Å²) in [6, 6.07) is 0. The predicted octanol–water partition coefficient (Wildman–Crippen LogP) is 0.333. The SMILES string of the molecule is CCC(=O)N(C)CC(=O)N(C)CC. The minimum Gasteiger partial charge on any atom is -0.345 e. The molecule has 4 nitrogen and oxygen atoms in total. The number of carbonyl (C=O) groups is 2. The maximum atomic E-state index is 11.3. The summed E-state index contributed by atoms with van der Waals surface area (Å²) in [6.07, 6.45) is 0.444. The van der Waals surface area contributed by atoms with Crippen molar-refractivity contribution >= 4 is 11.8 Å². The van der Waals surface area contributed by atoms with E-state index in [0.29, 0.717) is 13.0 Å². The molecule has 0 atom stereocenters. The van der Waals surface area contributed by atoms with Gasteiger partial charge in [0.1, 0.15) is 0 Å². The van der Waals surface area contributed by atoms with Crippen LogP contribution in [0.15, 0.2) is 0 Å². The Morgan fingerprint density at radius 2 is 1.54 bits per heavy atom. The van der Waals surface area contributed by atoms with Gasteiger partial charge in [-0.05, 0) is 6.92 Å². The van der Waals surface area contributed by atoms with Gasteiger partial charge in [-0.1, -0.05) is 6.92 Å². The van der Waals surface area contributed by atoms with Gasteiger partial charge in [-0.25, -0.2) is 0 Å². The normalized spacial score (nSPS) is 9.54. The standard InChI is InChI=1S/C9H18N2O2/c1-5-8(12)11(4)7-9(13)10(3)6-2/h5-7H2,1-4H3. The Morgan fingerprint density at radius 1 is 1.00 bits per heavy atom. The zero-order valence-corrected chi connectivity index (χ0v) is 8.83. The molecule has 0 aromatic rings. The number of rotatable bonds is 4. The average molecular weight is 186 g/mol. The van der Waals surface area contributed by atoms with E-state index in [9.17, 15) is 9.59 Å². The fourth-order valence-electron chi connectivity index (χ4n) is 0.858. The smallest absolute Gasteiger partial charge is 0.241 e. The Morgan fingerprint density at radius 3 is 1.92 bits per heavy atom. The van der Waals surface area contributed by atoms with Gasteiger partial charge in [0.05, 0.1) is 6.54 Å². The molecule has 13 heavy (non-hydrogen) atoms. The van der Waals surface area contributed by atoms with Crippen molar-refractivity contribution in [2.75, 3.05) is 27.2 Å².